The molecule has 0 spiro atoms. The smallest absolute Gasteiger partial charge is 0.321 e. The van der Waals surface area contributed by atoms with Gasteiger partial charge in [0.15, 0.2) is 0 Å². The van der Waals surface area contributed by atoms with Gasteiger partial charge >= 0.3 is 6.03 Å². The molecule has 1 aliphatic carbocycles. The van der Waals surface area contributed by atoms with E-state index in [1.807, 2.05) is 0 Å². The fraction of sp³-hybridized carbons (Fsp3) is 0.867. The van der Waals surface area contributed by atoms with Crippen molar-refractivity contribution in [2.45, 2.75) is 52.0 Å². The molecule has 2 aliphatic rings. The summed E-state index contributed by atoms with van der Waals surface area (Å²) >= 11 is 0. The Bertz CT molecular complexity index is 353. The highest BCUT2D eigenvalue weighted by atomic mass is 16.2. The van der Waals surface area contributed by atoms with Crippen molar-refractivity contribution < 1.29 is 9.59 Å². The second-order valence-corrected chi connectivity index (χ2v) is 6.38. The van der Waals surface area contributed by atoms with Crippen molar-refractivity contribution in [2.75, 3.05) is 19.6 Å². The van der Waals surface area contributed by atoms with Gasteiger partial charge in [-0.05, 0) is 44.2 Å². The van der Waals surface area contributed by atoms with E-state index in [2.05, 4.69) is 29.4 Å². The summed E-state index contributed by atoms with van der Waals surface area (Å²) in [6.07, 6.45) is 5.69. The number of nitrogens with zero attached hydrogens (tertiary/aromatic N) is 1. The Balaban J connectivity index is 1.72. The van der Waals surface area contributed by atoms with Crippen LogP contribution in [0.1, 0.15) is 46.0 Å². The van der Waals surface area contributed by atoms with E-state index in [0.29, 0.717) is 18.4 Å². The molecule has 0 aromatic heterocycles. The SMILES string of the molecule is C[C@@H]1[C@H](C)CCC[C@@H]1NC(=O)NC(=O)CN1CCCC1. The molecule has 0 bridgehead atoms. The lowest BCUT2D eigenvalue weighted by atomic mass is 9.78. The molecule has 1 aliphatic heterocycles. The molecule has 3 atom stereocenters. The molecule has 5 nitrogen and oxygen atoms in total. The highest BCUT2D eigenvalue weighted by molar-refractivity contribution is 5.95. The Labute approximate surface area is 121 Å². The van der Waals surface area contributed by atoms with Gasteiger partial charge in [-0.25, -0.2) is 4.79 Å². The molecule has 0 aromatic carbocycles. The molecule has 2 fully saturated rings. The van der Waals surface area contributed by atoms with Crippen LogP contribution >= 0.6 is 0 Å². The van der Waals surface area contributed by atoms with Crippen LogP contribution < -0.4 is 10.6 Å². The maximum atomic E-state index is 11.9. The predicted molar refractivity (Wildman–Crippen MR) is 78.3 cm³/mol. The zero-order valence-electron chi connectivity index (χ0n) is 12.7. The highest BCUT2D eigenvalue weighted by Gasteiger charge is 2.28. The molecule has 2 rings (SSSR count). The number of carbonyl (C=O) groups is 2. The number of hydrogen-bond donors (Lipinski definition) is 2. The van der Waals surface area contributed by atoms with Crippen LogP contribution in [0.5, 0.6) is 0 Å². The molecule has 20 heavy (non-hydrogen) atoms. The van der Waals surface area contributed by atoms with E-state index in [4.69, 9.17) is 0 Å². The van der Waals surface area contributed by atoms with Crippen molar-refractivity contribution >= 4 is 11.9 Å². The van der Waals surface area contributed by atoms with Gasteiger partial charge in [0, 0.05) is 6.04 Å². The number of hydrogen-bond acceptors (Lipinski definition) is 3. The Hall–Kier alpha value is -1.10. The Morgan fingerprint density at radius 3 is 2.50 bits per heavy atom. The Morgan fingerprint density at radius 1 is 1.10 bits per heavy atom. The van der Waals surface area contributed by atoms with Gasteiger partial charge in [-0.15, -0.1) is 0 Å². The van der Waals surface area contributed by atoms with Crippen LogP contribution in [0.3, 0.4) is 0 Å². The number of likely N-dealkylation sites (tertiary alicyclic amines) is 1. The number of urea groups is 1. The molecule has 3 amide bonds. The van der Waals surface area contributed by atoms with Crippen LogP contribution in [0, 0.1) is 11.8 Å². The van der Waals surface area contributed by atoms with E-state index >= 15 is 0 Å². The van der Waals surface area contributed by atoms with Crippen molar-refractivity contribution in [3.05, 3.63) is 0 Å². The van der Waals surface area contributed by atoms with E-state index in [1.54, 1.807) is 0 Å². The third kappa shape index (κ3) is 4.20. The summed E-state index contributed by atoms with van der Waals surface area (Å²) in [6, 6.07) is -0.140. The van der Waals surface area contributed by atoms with Crippen molar-refractivity contribution in [3.8, 4) is 0 Å². The minimum Gasteiger partial charge on any atom is -0.335 e. The topological polar surface area (TPSA) is 61.4 Å². The van der Waals surface area contributed by atoms with Crippen LogP contribution in [-0.4, -0.2) is 42.5 Å². The standard InChI is InChI=1S/C15H27N3O2/c1-11-6-5-7-13(12(11)2)16-15(20)17-14(19)10-18-8-3-4-9-18/h11-13H,3-10H2,1-2H3,(H2,16,17,19,20)/t11-,12-,13+/m1/s1. The molecule has 2 N–H and O–H groups in total. The molecule has 0 unspecified atom stereocenters. The average Bonchev–Trinajstić information content (AvgIpc) is 2.87. The van der Waals surface area contributed by atoms with E-state index < -0.39 is 0 Å². The monoisotopic (exact) mass is 281 g/mol. The lowest BCUT2D eigenvalue weighted by molar-refractivity contribution is -0.120. The molecular formula is C15H27N3O2. The van der Waals surface area contributed by atoms with Gasteiger partial charge in [-0.1, -0.05) is 26.7 Å². The molecule has 0 radical (unpaired) electrons. The quantitative estimate of drug-likeness (QED) is 0.828. The van der Waals surface area contributed by atoms with Crippen LogP contribution in [0.4, 0.5) is 4.79 Å². The third-order valence-corrected chi connectivity index (χ3v) is 4.84. The Morgan fingerprint density at radius 2 is 1.80 bits per heavy atom. The van der Waals surface area contributed by atoms with Gasteiger partial charge in [0.25, 0.3) is 0 Å². The van der Waals surface area contributed by atoms with Crippen LogP contribution in [-0.2, 0) is 4.79 Å². The molecule has 5 heteroatoms. The van der Waals surface area contributed by atoms with Crippen molar-refractivity contribution in [1.29, 1.82) is 0 Å². The van der Waals surface area contributed by atoms with E-state index in [9.17, 15) is 9.59 Å². The number of carbonyl (C=O) groups excluding carboxylic acids is 2. The fourth-order valence-corrected chi connectivity index (χ4v) is 3.30. The summed E-state index contributed by atoms with van der Waals surface area (Å²) < 4.78 is 0. The zero-order chi connectivity index (χ0) is 14.5. The third-order valence-electron chi connectivity index (χ3n) is 4.84. The lowest BCUT2D eigenvalue weighted by Crippen LogP contribution is -2.50. The number of amides is 3. The van der Waals surface area contributed by atoms with Gasteiger partial charge in [0.05, 0.1) is 6.54 Å². The van der Waals surface area contributed by atoms with E-state index in [0.717, 1.165) is 38.8 Å². The highest BCUT2D eigenvalue weighted by Crippen LogP contribution is 2.29. The number of rotatable bonds is 3. The first-order chi connectivity index (χ1) is 9.56. The number of imide groups is 1. The summed E-state index contributed by atoms with van der Waals surface area (Å²) in [5, 5.41) is 5.42. The van der Waals surface area contributed by atoms with Crippen molar-refractivity contribution in [1.82, 2.24) is 15.5 Å². The Kier molecular flexibility index (Phi) is 5.40. The van der Waals surface area contributed by atoms with Gasteiger partial charge in [-0.3, -0.25) is 15.0 Å². The molecule has 114 valence electrons. The summed E-state index contributed by atoms with van der Waals surface area (Å²) in [7, 11) is 0. The first-order valence-corrected chi connectivity index (χ1v) is 7.89. The summed E-state index contributed by atoms with van der Waals surface area (Å²) in [5.41, 5.74) is 0. The second kappa shape index (κ2) is 7.07. The summed E-state index contributed by atoms with van der Waals surface area (Å²) in [5.74, 6) is 0.915. The summed E-state index contributed by atoms with van der Waals surface area (Å²) in [4.78, 5) is 25.8. The number of nitrogens with one attached hydrogen (secondary N) is 2. The molecule has 1 saturated heterocycles. The van der Waals surface area contributed by atoms with Crippen LogP contribution in [0.2, 0.25) is 0 Å². The normalized spacial score (nSPS) is 31.0. The first kappa shape index (κ1) is 15.3. The minimum atomic E-state index is -0.333. The minimum absolute atomic E-state index is 0.193. The van der Waals surface area contributed by atoms with Gasteiger partial charge in [0.1, 0.15) is 0 Å². The van der Waals surface area contributed by atoms with Gasteiger partial charge in [0.2, 0.25) is 5.91 Å². The van der Waals surface area contributed by atoms with Gasteiger partial charge in [-0.2, -0.15) is 0 Å². The largest absolute Gasteiger partial charge is 0.335 e. The summed E-state index contributed by atoms with van der Waals surface area (Å²) in [6.45, 7) is 6.68. The van der Waals surface area contributed by atoms with Gasteiger partial charge < -0.3 is 5.32 Å². The molecule has 1 saturated carbocycles. The maximum absolute atomic E-state index is 11.9. The van der Waals surface area contributed by atoms with E-state index in [-0.39, 0.29) is 18.0 Å². The van der Waals surface area contributed by atoms with E-state index in [1.165, 1.54) is 6.42 Å². The fourth-order valence-electron chi connectivity index (χ4n) is 3.30. The lowest BCUT2D eigenvalue weighted by Gasteiger charge is -2.34. The molecule has 0 aromatic rings. The second-order valence-electron chi connectivity index (χ2n) is 6.38. The maximum Gasteiger partial charge on any atom is 0.321 e. The zero-order valence-corrected chi connectivity index (χ0v) is 12.7. The van der Waals surface area contributed by atoms with Crippen LogP contribution in [0.25, 0.3) is 0 Å². The van der Waals surface area contributed by atoms with Crippen molar-refractivity contribution in [2.24, 2.45) is 11.8 Å². The first-order valence-electron chi connectivity index (χ1n) is 7.89. The average molecular weight is 281 g/mol. The molecular weight excluding hydrogens is 254 g/mol. The molecule has 1 heterocycles. The predicted octanol–water partition coefficient (Wildman–Crippen LogP) is 1.73. The van der Waals surface area contributed by atoms with Crippen molar-refractivity contribution in [3.63, 3.8) is 0 Å². The van der Waals surface area contributed by atoms with Crippen LogP contribution in [0.15, 0.2) is 0 Å².